The van der Waals surface area contributed by atoms with Crippen LogP contribution in [0.3, 0.4) is 0 Å². The van der Waals surface area contributed by atoms with Gasteiger partial charge in [-0.1, -0.05) is 0 Å². The highest BCUT2D eigenvalue weighted by molar-refractivity contribution is 5.80. The first-order chi connectivity index (χ1) is 8.60. The van der Waals surface area contributed by atoms with Crippen molar-refractivity contribution in [3.8, 4) is 0 Å². The number of rotatable bonds is 2. The zero-order valence-corrected chi connectivity index (χ0v) is 9.39. The Hall–Kier alpha value is -2.29. The lowest BCUT2D eigenvalue weighted by atomic mass is 10.0. The summed E-state index contributed by atoms with van der Waals surface area (Å²) in [5, 5.41) is 20.3. The van der Waals surface area contributed by atoms with Crippen LogP contribution in [0, 0.1) is 0 Å². The largest absolute Gasteiger partial charge is 0.480 e. The molecular formula is C9H11N7O2. The van der Waals surface area contributed by atoms with Gasteiger partial charge >= 0.3 is 5.97 Å². The Kier molecular flexibility index (Phi) is 2.17. The van der Waals surface area contributed by atoms with Crippen molar-refractivity contribution in [2.24, 2.45) is 5.73 Å². The van der Waals surface area contributed by atoms with Gasteiger partial charge in [0.2, 0.25) is 0 Å². The third kappa shape index (κ3) is 1.48. The average molecular weight is 249 g/mol. The fraction of sp³-hybridized carbons (Fsp3) is 0.444. The lowest BCUT2D eigenvalue weighted by Gasteiger charge is -2.21. The van der Waals surface area contributed by atoms with Crippen molar-refractivity contribution in [1.29, 1.82) is 0 Å². The summed E-state index contributed by atoms with van der Waals surface area (Å²) >= 11 is 0. The van der Waals surface area contributed by atoms with E-state index >= 15 is 0 Å². The van der Waals surface area contributed by atoms with Crippen LogP contribution in [0.2, 0.25) is 0 Å². The van der Waals surface area contributed by atoms with Crippen molar-refractivity contribution in [1.82, 2.24) is 25.0 Å². The minimum Gasteiger partial charge on any atom is -0.480 e. The number of aromatic nitrogens is 5. The van der Waals surface area contributed by atoms with E-state index in [1.807, 2.05) is 4.90 Å². The molecular weight excluding hydrogens is 238 g/mol. The molecule has 0 aliphatic carbocycles. The van der Waals surface area contributed by atoms with Crippen molar-refractivity contribution in [2.45, 2.75) is 12.0 Å². The number of carbonyl (C=O) groups is 1. The van der Waals surface area contributed by atoms with Gasteiger partial charge in [0.1, 0.15) is 5.54 Å². The molecule has 1 aliphatic rings. The molecule has 0 saturated carbocycles. The third-order valence-electron chi connectivity index (χ3n) is 3.14. The van der Waals surface area contributed by atoms with Gasteiger partial charge in [0.25, 0.3) is 0 Å². The molecule has 0 spiro atoms. The molecule has 0 radical (unpaired) electrons. The van der Waals surface area contributed by atoms with Gasteiger partial charge in [-0.2, -0.15) is 4.52 Å². The van der Waals surface area contributed by atoms with E-state index in [0.29, 0.717) is 24.4 Å². The highest BCUT2D eigenvalue weighted by Crippen LogP contribution is 2.24. The minimum absolute atomic E-state index is 0.211. The smallest absolute Gasteiger partial charge is 0.325 e. The molecule has 2 aromatic rings. The quantitative estimate of drug-likeness (QED) is 0.660. The molecule has 9 heteroatoms. The molecule has 3 rings (SSSR count). The Morgan fingerprint density at radius 2 is 2.33 bits per heavy atom. The van der Waals surface area contributed by atoms with Crippen LogP contribution in [0.5, 0.6) is 0 Å². The molecule has 1 fully saturated rings. The molecule has 0 aromatic carbocycles. The van der Waals surface area contributed by atoms with Gasteiger partial charge in [-0.05, 0) is 16.8 Å². The predicted octanol–water partition coefficient (Wildman–Crippen LogP) is -1.49. The van der Waals surface area contributed by atoms with Crippen LogP contribution in [0.15, 0.2) is 12.4 Å². The zero-order valence-electron chi connectivity index (χ0n) is 9.39. The van der Waals surface area contributed by atoms with Crippen molar-refractivity contribution in [2.75, 3.05) is 18.0 Å². The zero-order chi connectivity index (χ0) is 12.8. The molecule has 1 unspecified atom stereocenters. The van der Waals surface area contributed by atoms with E-state index in [-0.39, 0.29) is 6.54 Å². The second kappa shape index (κ2) is 3.60. The first-order valence-corrected chi connectivity index (χ1v) is 5.39. The van der Waals surface area contributed by atoms with Gasteiger partial charge < -0.3 is 15.7 Å². The van der Waals surface area contributed by atoms with E-state index in [9.17, 15) is 4.79 Å². The first kappa shape index (κ1) is 10.8. The fourth-order valence-corrected chi connectivity index (χ4v) is 2.08. The summed E-state index contributed by atoms with van der Waals surface area (Å²) < 4.78 is 1.51. The average Bonchev–Trinajstić information content (AvgIpc) is 2.95. The summed E-state index contributed by atoms with van der Waals surface area (Å²) in [4.78, 5) is 17.0. The molecule has 1 saturated heterocycles. The van der Waals surface area contributed by atoms with Gasteiger partial charge in [-0.15, -0.1) is 5.10 Å². The number of carboxylic acid groups (broad SMARTS) is 1. The van der Waals surface area contributed by atoms with Gasteiger partial charge in [0.05, 0.1) is 12.4 Å². The maximum Gasteiger partial charge on any atom is 0.325 e. The van der Waals surface area contributed by atoms with Gasteiger partial charge in [-0.25, -0.2) is 0 Å². The van der Waals surface area contributed by atoms with Gasteiger partial charge in [-0.3, -0.25) is 9.78 Å². The molecule has 0 bridgehead atoms. The highest BCUT2D eigenvalue weighted by atomic mass is 16.4. The summed E-state index contributed by atoms with van der Waals surface area (Å²) in [7, 11) is 0. The SMILES string of the molecule is NC1(C(=O)O)CCN(c2cncc3nnnn23)C1. The predicted molar refractivity (Wildman–Crippen MR) is 60.0 cm³/mol. The van der Waals surface area contributed by atoms with Crippen LogP contribution in [0.25, 0.3) is 5.65 Å². The third-order valence-corrected chi connectivity index (χ3v) is 3.14. The van der Waals surface area contributed by atoms with Gasteiger partial charge in [0.15, 0.2) is 11.5 Å². The molecule has 3 heterocycles. The van der Waals surface area contributed by atoms with E-state index in [0.717, 1.165) is 0 Å². The Labute approximate surface area is 101 Å². The summed E-state index contributed by atoms with van der Waals surface area (Å²) in [6, 6.07) is 0. The van der Waals surface area contributed by atoms with Crippen molar-refractivity contribution in [3.05, 3.63) is 12.4 Å². The van der Waals surface area contributed by atoms with Crippen LogP contribution in [-0.4, -0.2) is 54.7 Å². The van der Waals surface area contributed by atoms with Crippen molar-refractivity contribution < 1.29 is 9.90 Å². The monoisotopic (exact) mass is 249 g/mol. The highest BCUT2D eigenvalue weighted by Gasteiger charge is 2.42. The van der Waals surface area contributed by atoms with Crippen LogP contribution < -0.4 is 10.6 Å². The number of aliphatic carboxylic acids is 1. The second-order valence-electron chi connectivity index (χ2n) is 4.35. The topological polar surface area (TPSA) is 123 Å². The van der Waals surface area contributed by atoms with Gasteiger partial charge in [0, 0.05) is 13.1 Å². The fourth-order valence-electron chi connectivity index (χ4n) is 2.08. The molecule has 94 valence electrons. The van der Waals surface area contributed by atoms with Crippen LogP contribution in [0.4, 0.5) is 5.82 Å². The molecule has 2 aromatic heterocycles. The van der Waals surface area contributed by atoms with E-state index in [4.69, 9.17) is 10.8 Å². The second-order valence-corrected chi connectivity index (χ2v) is 4.35. The van der Waals surface area contributed by atoms with Crippen LogP contribution >= 0.6 is 0 Å². The summed E-state index contributed by atoms with van der Waals surface area (Å²) in [6.07, 6.45) is 3.50. The van der Waals surface area contributed by atoms with E-state index in [1.54, 1.807) is 6.20 Å². The number of anilines is 1. The summed E-state index contributed by atoms with van der Waals surface area (Å²) in [6.45, 7) is 0.742. The van der Waals surface area contributed by atoms with Crippen LogP contribution in [-0.2, 0) is 4.79 Å². The Bertz CT molecular complexity index is 612. The number of tetrazole rings is 1. The molecule has 18 heavy (non-hydrogen) atoms. The lowest BCUT2D eigenvalue weighted by molar-refractivity contribution is -0.142. The van der Waals surface area contributed by atoms with E-state index in [1.165, 1.54) is 10.7 Å². The molecule has 1 aliphatic heterocycles. The Balaban J connectivity index is 1.98. The maximum absolute atomic E-state index is 11.1. The Morgan fingerprint density at radius 3 is 3.06 bits per heavy atom. The normalized spacial score (nSPS) is 23.7. The standard InChI is InChI=1S/C9H11N7O2/c10-9(8(17)18)1-2-15(5-9)7-4-11-3-6-12-13-14-16(6)7/h3-4H,1-2,5,10H2,(H,17,18). The minimum atomic E-state index is -1.23. The molecule has 9 nitrogen and oxygen atoms in total. The first-order valence-electron chi connectivity index (χ1n) is 5.39. The number of carboxylic acids is 1. The lowest BCUT2D eigenvalue weighted by Crippen LogP contribution is -2.50. The van der Waals surface area contributed by atoms with E-state index < -0.39 is 11.5 Å². The van der Waals surface area contributed by atoms with Crippen molar-refractivity contribution >= 4 is 17.4 Å². The molecule has 1 atom stereocenters. The number of hydrogen-bond acceptors (Lipinski definition) is 7. The molecule has 0 amide bonds. The molecule has 3 N–H and O–H groups in total. The number of hydrogen-bond donors (Lipinski definition) is 2. The summed E-state index contributed by atoms with van der Waals surface area (Å²) in [5.41, 5.74) is 5.11. The van der Waals surface area contributed by atoms with E-state index in [2.05, 4.69) is 20.5 Å². The van der Waals surface area contributed by atoms with Crippen LogP contribution in [0.1, 0.15) is 6.42 Å². The summed E-state index contributed by atoms with van der Waals surface area (Å²) in [5.74, 6) is -0.354. The number of fused-ring (bicyclic) bond motifs is 1. The number of nitrogens with two attached hydrogens (primary N) is 1. The number of nitrogens with zero attached hydrogens (tertiary/aromatic N) is 6. The Morgan fingerprint density at radius 1 is 1.50 bits per heavy atom. The van der Waals surface area contributed by atoms with Crippen molar-refractivity contribution in [3.63, 3.8) is 0 Å². The maximum atomic E-state index is 11.1.